The van der Waals surface area contributed by atoms with E-state index in [1.165, 1.54) is 36.0 Å². The summed E-state index contributed by atoms with van der Waals surface area (Å²) < 4.78 is 5.87. The van der Waals surface area contributed by atoms with Crippen LogP contribution in [0, 0.1) is 0 Å². The van der Waals surface area contributed by atoms with E-state index < -0.39 is 0 Å². The minimum atomic E-state index is 0.618. The summed E-state index contributed by atoms with van der Waals surface area (Å²) in [7, 11) is 0. The highest BCUT2D eigenvalue weighted by Crippen LogP contribution is 2.16. The van der Waals surface area contributed by atoms with Crippen molar-refractivity contribution < 1.29 is 4.74 Å². The Hall–Kier alpha value is -2.02. The van der Waals surface area contributed by atoms with Crippen molar-refractivity contribution >= 4 is 6.08 Å². The molecule has 23 heavy (non-hydrogen) atoms. The van der Waals surface area contributed by atoms with Crippen molar-refractivity contribution in [2.24, 2.45) is 0 Å². The van der Waals surface area contributed by atoms with E-state index in [9.17, 15) is 0 Å². The maximum atomic E-state index is 5.87. The molecule has 1 nitrogen and oxygen atoms in total. The fraction of sp³-hybridized carbons (Fsp3) is 0.364. The SMILES string of the molecule is CCC/C=C/c1ccc(COc2ccc(CCCC)cc2)cc1. The molecule has 0 aliphatic heterocycles. The van der Waals surface area contributed by atoms with Crippen LogP contribution in [0.1, 0.15) is 56.2 Å². The van der Waals surface area contributed by atoms with Crippen molar-refractivity contribution in [1.29, 1.82) is 0 Å². The van der Waals surface area contributed by atoms with Crippen molar-refractivity contribution in [3.63, 3.8) is 0 Å². The maximum absolute atomic E-state index is 5.87. The van der Waals surface area contributed by atoms with Crippen LogP contribution in [0.15, 0.2) is 54.6 Å². The molecular formula is C22H28O. The summed E-state index contributed by atoms with van der Waals surface area (Å²) >= 11 is 0. The summed E-state index contributed by atoms with van der Waals surface area (Å²) in [4.78, 5) is 0. The molecule has 1 heteroatoms. The molecule has 0 N–H and O–H groups in total. The molecule has 0 aliphatic rings. The first-order valence-corrected chi connectivity index (χ1v) is 8.79. The van der Waals surface area contributed by atoms with Crippen LogP contribution in [0.2, 0.25) is 0 Å². The Morgan fingerprint density at radius 2 is 1.52 bits per heavy atom. The van der Waals surface area contributed by atoms with Gasteiger partial charge < -0.3 is 4.74 Å². The molecule has 0 unspecified atom stereocenters. The third-order valence-corrected chi connectivity index (χ3v) is 3.89. The van der Waals surface area contributed by atoms with Crippen LogP contribution in [-0.2, 0) is 13.0 Å². The second-order valence-corrected chi connectivity index (χ2v) is 5.97. The Labute approximate surface area is 141 Å². The smallest absolute Gasteiger partial charge is 0.119 e. The second-order valence-electron chi connectivity index (χ2n) is 5.97. The average Bonchev–Trinajstić information content (AvgIpc) is 2.60. The Balaban J connectivity index is 1.83. The predicted octanol–water partition coefficient (Wildman–Crippen LogP) is 6.42. The Morgan fingerprint density at radius 3 is 2.17 bits per heavy atom. The van der Waals surface area contributed by atoms with Gasteiger partial charge >= 0.3 is 0 Å². The van der Waals surface area contributed by atoms with Gasteiger partial charge in [-0.15, -0.1) is 0 Å². The lowest BCUT2D eigenvalue weighted by atomic mass is 10.1. The van der Waals surface area contributed by atoms with Crippen LogP contribution in [0.25, 0.3) is 6.08 Å². The fourth-order valence-corrected chi connectivity index (χ4v) is 2.41. The summed E-state index contributed by atoms with van der Waals surface area (Å²) in [5.74, 6) is 0.942. The molecule has 0 spiro atoms. The van der Waals surface area contributed by atoms with Crippen molar-refractivity contribution in [2.75, 3.05) is 0 Å². The van der Waals surface area contributed by atoms with E-state index in [2.05, 4.69) is 74.5 Å². The van der Waals surface area contributed by atoms with Gasteiger partial charge in [-0.05, 0) is 48.1 Å². The molecule has 0 saturated heterocycles. The highest BCUT2D eigenvalue weighted by molar-refractivity contribution is 5.49. The molecule has 2 rings (SSSR count). The molecule has 2 aromatic rings. The number of benzene rings is 2. The van der Waals surface area contributed by atoms with Gasteiger partial charge in [0, 0.05) is 0 Å². The summed E-state index contributed by atoms with van der Waals surface area (Å²) in [6.07, 6.45) is 10.4. The van der Waals surface area contributed by atoms with Crippen molar-refractivity contribution in [2.45, 2.75) is 52.6 Å². The number of aryl methyl sites for hydroxylation is 1. The Morgan fingerprint density at radius 1 is 0.826 bits per heavy atom. The normalized spacial score (nSPS) is 11.0. The lowest BCUT2D eigenvalue weighted by molar-refractivity contribution is 0.306. The summed E-state index contributed by atoms with van der Waals surface area (Å²) in [6, 6.07) is 17.1. The monoisotopic (exact) mass is 308 g/mol. The van der Waals surface area contributed by atoms with E-state index >= 15 is 0 Å². The quantitative estimate of drug-likeness (QED) is 0.519. The van der Waals surface area contributed by atoms with Gasteiger partial charge in [-0.2, -0.15) is 0 Å². The van der Waals surface area contributed by atoms with Crippen molar-refractivity contribution in [3.8, 4) is 5.75 Å². The molecule has 0 aromatic heterocycles. The molecule has 122 valence electrons. The summed E-state index contributed by atoms with van der Waals surface area (Å²) in [5.41, 5.74) is 3.84. The maximum Gasteiger partial charge on any atom is 0.119 e. The number of allylic oxidation sites excluding steroid dienone is 1. The zero-order valence-electron chi connectivity index (χ0n) is 14.4. The average molecular weight is 308 g/mol. The fourth-order valence-electron chi connectivity index (χ4n) is 2.41. The Kier molecular flexibility index (Phi) is 7.45. The van der Waals surface area contributed by atoms with Crippen LogP contribution < -0.4 is 4.74 Å². The van der Waals surface area contributed by atoms with Gasteiger partial charge in [0.2, 0.25) is 0 Å². The topological polar surface area (TPSA) is 9.23 Å². The van der Waals surface area contributed by atoms with Gasteiger partial charge in [-0.25, -0.2) is 0 Å². The molecule has 0 aliphatic carbocycles. The van der Waals surface area contributed by atoms with E-state index in [0.717, 1.165) is 18.6 Å². The second kappa shape index (κ2) is 9.89. The number of hydrogen-bond donors (Lipinski definition) is 0. The van der Waals surface area contributed by atoms with E-state index in [1.54, 1.807) is 0 Å². The van der Waals surface area contributed by atoms with E-state index in [4.69, 9.17) is 4.74 Å². The largest absolute Gasteiger partial charge is 0.489 e. The third-order valence-electron chi connectivity index (χ3n) is 3.89. The molecule has 0 radical (unpaired) electrons. The summed E-state index contributed by atoms with van der Waals surface area (Å²) in [6.45, 7) is 5.04. The van der Waals surface area contributed by atoms with Crippen LogP contribution >= 0.6 is 0 Å². The Bertz CT molecular complexity index is 578. The predicted molar refractivity (Wildman–Crippen MR) is 99.8 cm³/mol. The molecular weight excluding hydrogens is 280 g/mol. The first kappa shape index (κ1) is 17.3. The van der Waals surface area contributed by atoms with Crippen LogP contribution in [0.3, 0.4) is 0 Å². The van der Waals surface area contributed by atoms with E-state index in [0.29, 0.717) is 6.61 Å². The van der Waals surface area contributed by atoms with Crippen molar-refractivity contribution in [1.82, 2.24) is 0 Å². The van der Waals surface area contributed by atoms with E-state index in [-0.39, 0.29) is 0 Å². The highest BCUT2D eigenvalue weighted by Gasteiger charge is 1.98. The van der Waals surface area contributed by atoms with Crippen LogP contribution in [0.5, 0.6) is 5.75 Å². The molecule has 0 atom stereocenters. The van der Waals surface area contributed by atoms with Gasteiger partial charge in [0.15, 0.2) is 0 Å². The van der Waals surface area contributed by atoms with Gasteiger partial charge in [-0.1, -0.05) is 75.2 Å². The first-order chi connectivity index (χ1) is 11.3. The number of ether oxygens (including phenoxy) is 1. The van der Waals surface area contributed by atoms with Crippen LogP contribution in [0.4, 0.5) is 0 Å². The zero-order valence-corrected chi connectivity index (χ0v) is 14.4. The number of rotatable bonds is 9. The van der Waals surface area contributed by atoms with Gasteiger partial charge in [0.25, 0.3) is 0 Å². The summed E-state index contributed by atoms with van der Waals surface area (Å²) in [5, 5.41) is 0. The molecule has 0 saturated carbocycles. The zero-order chi connectivity index (χ0) is 16.3. The molecule has 0 heterocycles. The van der Waals surface area contributed by atoms with Crippen LogP contribution in [-0.4, -0.2) is 0 Å². The lowest BCUT2D eigenvalue weighted by Gasteiger charge is -2.08. The standard InChI is InChI=1S/C22H28O/c1-3-5-7-9-20-10-12-21(13-11-20)18-23-22-16-14-19(15-17-22)8-6-4-2/h7,9-17H,3-6,8,18H2,1-2H3/b9-7+. The number of unbranched alkanes of at least 4 members (excludes halogenated alkanes) is 2. The van der Waals surface area contributed by atoms with Crippen molar-refractivity contribution in [3.05, 3.63) is 71.3 Å². The number of hydrogen-bond acceptors (Lipinski definition) is 1. The van der Waals surface area contributed by atoms with Gasteiger partial charge in [0.1, 0.15) is 12.4 Å². The third kappa shape index (κ3) is 6.32. The molecule has 0 amide bonds. The minimum Gasteiger partial charge on any atom is -0.489 e. The van der Waals surface area contributed by atoms with Gasteiger partial charge in [-0.3, -0.25) is 0 Å². The minimum absolute atomic E-state index is 0.618. The van der Waals surface area contributed by atoms with E-state index in [1.807, 2.05) is 0 Å². The molecule has 2 aromatic carbocycles. The first-order valence-electron chi connectivity index (χ1n) is 8.79. The molecule has 0 fully saturated rings. The highest BCUT2D eigenvalue weighted by atomic mass is 16.5. The van der Waals surface area contributed by atoms with Gasteiger partial charge in [0.05, 0.1) is 0 Å². The lowest BCUT2D eigenvalue weighted by Crippen LogP contribution is -1.95. The molecule has 0 bridgehead atoms.